The summed E-state index contributed by atoms with van der Waals surface area (Å²) in [4.78, 5) is 22.7. The van der Waals surface area contributed by atoms with Crippen molar-refractivity contribution in [1.29, 1.82) is 0 Å². The molecule has 7 nitrogen and oxygen atoms in total. The van der Waals surface area contributed by atoms with E-state index in [9.17, 15) is 4.79 Å². The van der Waals surface area contributed by atoms with E-state index in [0.29, 0.717) is 50.2 Å². The summed E-state index contributed by atoms with van der Waals surface area (Å²) in [6, 6.07) is 1.33. The van der Waals surface area contributed by atoms with Crippen LogP contribution in [0.3, 0.4) is 0 Å². The van der Waals surface area contributed by atoms with E-state index < -0.39 is 0 Å². The molecular weight excluding hydrogens is 258 g/mol. The van der Waals surface area contributed by atoms with Gasteiger partial charge in [-0.25, -0.2) is 9.97 Å². The molecule has 20 heavy (non-hydrogen) atoms. The van der Waals surface area contributed by atoms with Gasteiger partial charge < -0.3 is 20.7 Å². The van der Waals surface area contributed by atoms with Crippen molar-refractivity contribution in [2.45, 2.75) is 26.3 Å². The first-order valence-electron chi connectivity index (χ1n) is 6.91. The second-order valence-electron chi connectivity index (χ2n) is 4.60. The fraction of sp³-hybridized carbons (Fsp3) is 0.615. The zero-order chi connectivity index (χ0) is 14.5. The van der Waals surface area contributed by atoms with Crippen molar-refractivity contribution < 1.29 is 9.53 Å². The Morgan fingerprint density at radius 1 is 1.55 bits per heavy atom. The van der Waals surface area contributed by atoms with Gasteiger partial charge in [0, 0.05) is 25.6 Å². The van der Waals surface area contributed by atoms with Gasteiger partial charge in [0.15, 0.2) is 0 Å². The van der Waals surface area contributed by atoms with Gasteiger partial charge in [0.05, 0.1) is 13.2 Å². The van der Waals surface area contributed by atoms with Crippen LogP contribution in [0, 0.1) is 0 Å². The fourth-order valence-corrected chi connectivity index (χ4v) is 2.20. The third-order valence-corrected chi connectivity index (χ3v) is 3.17. The van der Waals surface area contributed by atoms with Crippen molar-refractivity contribution >= 4 is 17.5 Å². The number of rotatable bonds is 4. The van der Waals surface area contributed by atoms with E-state index in [4.69, 9.17) is 10.5 Å². The van der Waals surface area contributed by atoms with Crippen LogP contribution >= 0.6 is 0 Å². The van der Waals surface area contributed by atoms with Crippen molar-refractivity contribution in [2.24, 2.45) is 0 Å². The van der Waals surface area contributed by atoms with Gasteiger partial charge in [0.25, 0.3) is 0 Å². The van der Waals surface area contributed by atoms with Crippen molar-refractivity contribution in [3.05, 3.63) is 11.9 Å². The number of aryl methyl sites for hydroxylation is 1. The monoisotopic (exact) mass is 279 g/mol. The van der Waals surface area contributed by atoms with E-state index in [2.05, 4.69) is 15.3 Å². The fourth-order valence-electron chi connectivity index (χ4n) is 2.20. The lowest BCUT2D eigenvalue weighted by Crippen LogP contribution is -2.54. The molecule has 7 heteroatoms. The first-order valence-corrected chi connectivity index (χ1v) is 6.91. The average molecular weight is 279 g/mol. The number of carbonyl (C=O) groups is 1. The van der Waals surface area contributed by atoms with Crippen LogP contribution in [0.1, 0.15) is 19.7 Å². The Morgan fingerprint density at radius 2 is 2.35 bits per heavy atom. The predicted molar refractivity (Wildman–Crippen MR) is 76.5 cm³/mol. The molecule has 1 aliphatic heterocycles. The van der Waals surface area contributed by atoms with Crippen molar-refractivity contribution in [3.8, 4) is 0 Å². The van der Waals surface area contributed by atoms with Gasteiger partial charge in [-0.1, -0.05) is 6.92 Å². The van der Waals surface area contributed by atoms with Crippen molar-refractivity contribution in [1.82, 2.24) is 15.3 Å². The number of hydrogen-bond donors (Lipinski definition) is 2. The topological polar surface area (TPSA) is 93.4 Å². The molecule has 1 aromatic rings. The molecule has 1 atom stereocenters. The zero-order valence-electron chi connectivity index (χ0n) is 11.9. The maximum atomic E-state index is 12.1. The molecule has 0 spiro atoms. The van der Waals surface area contributed by atoms with Gasteiger partial charge in [-0.15, -0.1) is 0 Å². The molecule has 0 radical (unpaired) electrons. The predicted octanol–water partition coefficient (Wildman–Crippen LogP) is -0.0375. The summed E-state index contributed by atoms with van der Waals surface area (Å²) in [6.07, 6.45) is 0.703. The van der Waals surface area contributed by atoms with Gasteiger partial charge in [-0.2, -0.15) is 0 Å². The summed E-state index contributed by atoms with van der Waals surface area (Å²) in [5.41, 5.74) is 5.81. The maximum Gasteiger partial charge on any atom is 0.245 e. The number of aromatic nitrogens is 2. The van der Waals surface area contributed by atoms with Gasteiger partial charge in [0.1, 0.15) is 23.5 Å². The number of amides is 1. The molecule has 0 aliphatic carbocycles. The van der Waals surface area contributed by atoms with Crippen LogP contribution in [0.25, 0.3) is 0 Å². The largest absolute Gasteiger partial charge is 0.384 e. The second kappa shape index (κ2) is 6.51. The standard InChI is InChI=1S/C13H21N5O2/c1-3-11-16-10(14)7-12(17-11)18-5-6-20-8-9(18)13(19)15-4-2/h7,9H,3-6,8H2,1-2H3,(H,15,19)(H2,14,16,17). The van der Waals surface area contributed by atoms with Crippen LogP contribution in [0.4, 0.5) is 11.6 Å². The highest BCUT2D eigenvalue weighted by atomic mass is 16.5. The normalized spacial score (nSPS) is 18.9. The summed E-state index contributed by atoms with van der Waals surface area (Å²) < 4.78 is 5.41. The summed E-state index contributed by atoms with van der Waals surface area (Å²) in [5, 5.41) is 2.82. The molecule has 2 heterocycles. The minimum atomic E-state index is -0.372. The zero-order valence-corrected chi connectivity index (χ0v) is 11.9. The molecule has 1 saturated heterocycles. The van der Waals surface area contributed by atoms with E-state index in [-0.39, 0.29) is 11.9 Å². The highest BCUT2D eigenvalue weighted by Gasteiger charge is 2.30. The van der Waals surface area contributed by atoms with E-state index in [1.165, 1.54) is 0 Å². The van der Waals surface area contributed by atoms with E-state index in [1.807, 2.05) is 18.7 Å². The van der Waals surface area contributed by atoms with Gasteiger partial charge in [-0.05, 0) is 6.92 Å². The van der Waals surface area contributed by atoms with Crippen LogP contribution < -0.4 is 16.0 Å². The Labute approximate surface area is 118 Å². The lowest BCUT2D eigenvalue weighted by atomic mass is 10.2. The van der Waals surface area contributed by atoms with Crippen LogP contribution in [0.15, 0.2) is 6.07 Å². The molecule has 3 N–H and O–H groups in total. The number of anilines is 2. The average Bonchev–Trinajstić information content (AvgIpc) is 2.46. The van der Waals surface area contributed by atoms with E-state index >= 15 is 0 Å². The number of morpholine rings is 1. The van der Waals surface area contributed by atoms with Crippen molar-refractivity contribution in [3.63, 3.8) is 0 Å². The highest BCUT2D eigenvalue weighted by Crippen LogP contribution is 2.19. The number of nitrogens with one attached hydrogen (secondary N) is 1. The van der Waals surface area contributed by atoms with Gasteiger partial charge >= 0.3 is 0 Å². The Balaban J connectivity index is 2.27. The summed E-state index contributed by atoms with van der Waals surface area (Å²) in [6.45, 7) is 6.00. The Bertz CT molecular complexity index is 480. The van der Waals surface area contributed by atoms with E-state index in [1.54, 1.807) is 6.07 Å². The smallest absolute Gasteiger partial charge is 0.245 e. The minimum absolute atomic E-state index is 0.0533. The van der Waals surface area contributed by atoms with Gasteiger partial charge in [-0.3, -0.25) is 4.79 Å². The van der Waals surface area contributed by atoms with Crippen LogP contribution in [0.2, 0.25) is 0 Å². The number of nitrogens with zero attached hydrogens (tertiary/aromatic N) is 3. The quantitative estimate of drug-likeness (QED) is 0.803. The Morgan fingerprint density at radius 3 is 3.05 bits per heavy atom. The highest BCUT2D eigenvalue weighted by molar-refractivity contribution is 5.85. The number of nitrogens with two attached hydrogens (primary N) is 1. The summed E-state index contributed by atoms with van der Waals surface area (Å²) in [7, 11) is 0. The molecule has 1 fully saturated rings. The van der Waals surface area contributed by atoms with Crippen LogP contribution in [-0.2, 0) is 16.0 Å². The van der Waals surface area contributed by atoms with E-state index in [0.717, 1.165) is 0 Å². The third kappa shape index (κ3) is 3.16. The first-order chi connectivity index (χ1) is 9.65. The molecule has 1 aromatic heterocycles. The Kier molecular flexibility index (Phi) is 4.73. The maximum absolute atomic E-state index is 12.1. The molecule has 0 bridgehead atoms. The third-order valence-electron chi connectivity index (χ3n) is 3.17. The molecule has 1 amide bonds. The number of hydrogen-bond acceptors (Lipinski definition) is 6. The summed E-state index contributed by atoms with van der Waals surface area (Å²) >= 11 is 0. The number of nitrogen functional groups attached to an aromatic ring is 1. The lowest BCUT2D eigenvalue weighted by Gasteiger charge is -2.35. The number of carbonyl (C=O) groups excluding carboxylic acids is 1. The number of likely N-dealkylation sites (N-methyl/N-ethyl adjacent to an activating group) is 1. The molecule has 1 aliphatic rings. The molecule has 0 saturated carbocycles. The van der Waals surface area contributed by atoms with Crippen molar-refractivity contribution in [2.75, 3.05) is 36.9 Å². The molecule has 1 unspecified atom stereocenters. The SMILES string of the molecule is CCNC(=O)C1COCCN1c1cc(N)nc(CC)n1. The molecular formula is C13H21N5O2. The van der Waals surface area contributed by atoms with Crippen LogP contribution in [0.5, 0.6) is 0 Å². The first kappa shape index (κ1) is 14.5. The second-order valence-corrected chi connectivity index (χ2v) is 4.60. The molecule has 0 aromatic carbocycles. The number of ether oxygens (including phenoxy) is 1. The lowest BCUT2D eigenvalue weighted by molar-refractivity contribution is -0.124. The molecule has 2 rings (SSSR count). The van der Waals surface area contributed by atoms with Gasteiger partial charge in [0.2, 0.25) is 5.91 Å². The Hall–Kier alpha value is -1.89. The summed E-state index contributed by atoms with van der Waals surface area (Å²) in [5.74, 6) is 1.74. The molecule has 110 valence electrons. The minimum Gasteiger partial charge on any atom is -0.384 e. The van der Waals surface area contributed by atoms with Crippen LogP contribution in [-0.4, -0.2) is 48.2 Å².